The normalized spacial score (nSPS) is 31.8. The molecule has 11 atom stereocenters. The number of Topliss-reactive ketones (excluding diaryl/α,β-unsaturated/α-hetero) is 1. The molecule has 9 fully saturated rings. The number of nitrogen functional groups attached to an aromatic ring is 1. The molecule has 4 heterocycles. The molecule has 16 rings (SSSR count). The van der Waals surface area contributed by atoms with Crippen molar-refractivity contribution in [3.05, 3.63) is 112 Å². The van der Waals surface area contributed by atoms with Gasteiger partial charge in [0.15, 0.2) is 5.96 Å². The van der Waals surface area contributed by atoms with E-state index in [4.69, 9.17) is 38.8 Å². The highest BCUT2D eigenvalue weighted by atomic mass is 35.5. The van der Waals surface area contributed by atoms with Gasteiger partial charge in [-0.05, 0) is 251 Å². The van der Waals surface area contributed by atoms with Crippen molar-refractivity contribution >= 4 is 36.2 Å². The Bertz CT molecular complexity index is 3560. The number of phenols is 2. The van der Waals surface area contributed by atoms with Gasteiger partial charge in [0, 0.05) is 124 Å². The molecule has 0 unspecified atom stereocenters. The number of phenolic OH excluding ortho intramolecular Hbond substituents is 2. The molecule has 9 aliphatic carbocycles. The fourth-order valence-corrected chi connectivity index (χ4v) is 19.8. The Morgan fingerprint density at radius 2 is 1.10 bits per heavy atom. The van der Waals surface area contributed by atoms with Gasteiger partial charge in [0.1, 0.15) is 22.9 Å². The Hall–Kier alpha value is -5.96. The molecule has 24 heteroatoms. The van der Waals surface area contributed by atoms with Crippen LogP contribution < -0.4 is 44.6 Å². The van der Waals surface area contributed by atoms with Crippen LogP contribution in [0.2, 0.25) is 0 Å². The van der Waals surface area contributed by atoms with Crippen LogP contribution in [0.3, 0.4) is 0 Å². The number of guanidine groups is 1. The summed E-state index contributed by atoms with van der Waals surface area (Å²) in [6.07, 6.45) is 23.5. The number of halogens is 1. The number of hydrogen-bond donors (Lipinski definition) is 14. The van der Waals surface area contributed by atoms with Crippen molar-refractivity contribution < 1.29 is 39.9 Å². The highest BCUT2D eigenvalue weighted by molar-refractivity contribution is 5.85. The van der Waals surface area contributed by atoms with Crippen molar-refractivity contribution in [2.45, 2.75) is 231 Å². The first kappa shape index (κ1) is 76.2. The standard InChI is InChI=1S/C23H35N5O2.C22H33N3O2.C21H27NO2.C7H16N2O2.C4H6N4.ClH/c24-21(25)27-9-8-26-17-5-6-23(30)20-11-16-3-4-18(29)12-19(16)22(23,13-17)7-10-28(20)14-15-1-2-15;23-8-9-24-17-5-6-22(27)20-11-16-3-4-18(26)12-19(16)21(22,13-17)7-10-25(20)14-15-1-2-15;1-14-2-5-16-11-19-21(24)7-6-17(23)12-20(21,18(16)10-14)8-9-22(19)13-15-3-4-15;1-7(2,3)11-6(10)9-5-4-8;5-4(6)8-3-1-2-7-8;/h3-4,12,15,17,20,26,29-30H,1-2,5-11,13-14H2,(H4,24,25,27);3-4,12,15,17,20,24,26-27H,1-2,5-11,13-14,23H2;2,5,10,15,19,24H,3-4,6-9,11-13H2,1H3;4-5,8H2,1-3H3,(H,9,10);1-3H,(H3,5,6);1H/t17-,20-,22-,23-;17-,20-,21-,22-;19-,20-,21-;;;/m111.../s1. The molecule has 1 aromatic heterocycles. The first-order valence-corrected chi connectivity index (χ1v) is 37.6. The van der Waals surface area contributed by atoms with E-state index in [2.05, 4.69) is 78.0 Å². The zero-order chi connectivity index (χ0) is 71.0. The number of aliphatic imine (C=N–C) groups is 1. The number of amides is 1. The second-order valence-electron chi connectivity index (χ2n) is 32.7. The van der Waals surface area contributed by atoms with E-state index in [-0.39, 0.29) is 58.7 Å². The van der Waals surface area contributed by atoms with E-state index in [0.717, 1.165) is 147 Å². The fraction of sp³-hybridized carbons (Fsp3) is 0.675. The summed E-state index contributed by atoms with van der Waals surface area (Å²) in [4.78, 5) is 35.0. The largest absolute Gasteiger partial charge is 0.508 e. The molecule has 1 amide bonds. The van der Waals surface area contributed by atoms with Gasteiger partial charge in [-0.25, -0.2) is 9.48 Å². The minimum Gasteiger partial charge on any atom is -0.508 e. The molecular formula is C77H118ClN15O8. The molecule has 0 radical (unpaired) electrons. The van der Waals surface area contributed by atoms with Crippen molar-refractivity contribution in [1.29, 1.82) is 5.41 Å². The summed E-state index contributed by atoms with van der Waals surface area (Å²) in [5.41, 5.74) is 32.2. The average Bonchev–Trinajstić information content (AvgIpc) is 1.66. The van der Waals surface area contributed by atoms with Gasteiger partial charge < -0.3 is 74.9 Å². The second kappa shape index (κ2) is 31.0. The number of alkyl carbamates (subject to hydrolysis) is 1. The third kappa shape index (κ3) is 16.0. The molecule has 3 aromatic carbocycles. The third-order valence-electron chi connectivity index (χ3n) is 24.9. The first-order valence-electron chi connectivity index (χ1n) is 37.6. The number of nitrogens with one attached hydrogen (secondary N) is 4. The number of nitrogens with zero attached hydrogens (tertiary/aromatic N) is 6. The SMILES string of the molecule is CC(C)(C)OC(=O)NCCN.Cc1ccc2c(c1)[C@]13CCN(CC4CC4)[C@H](C2)[C@]1(O)CCC(=O)C3.Cl.N=C(N)n1cccn1.NC(N)=NCCN[C@@H]1CC[C@@]2(O)[C@H]3Cc4ccc(O)cc4[C@@]2(CCN3CC2CC2)C1.NCCN[C@@H]1CC[C@@]2(O)[C@H]3Cc4ccc(O)cc4[C@@]2(CCN3CC2CC2)C1. The molecule has 12 aliphatic rings. The topological polar surface area (TPSA) is 374 Å². The summed E-state index contributed by atoms with van der Waals surface area (Å²) in [5, 5.41) is 77.1. The Morgan fingerprint density at radius 1 is 0.644 bits per heavy atom. The zero-order valence-corrected chi connectivity index (χ0v) is 61.1. The van der Waals surface area contributed by atoms with Crippen LogP contribution in [0.15, 0.2) is 78.0 Å². The summed E-state index contributed by atoms with van der Waals surface area (Å²) in [7, 11) is 0. The number of carbonyl (C=O) groups is 2. The summed E-state index contributed by atoms with van der Waals surface area (Å²) < 4.78 is 6.21. The van der Waals surface area contributed by atoms with Crippen molar-refractivity contribution in [3.63, 3.8) is 0 Å². The number of ether oxygens (including phenoxy) is 1. The number of fused-ring (bicyclic) bond motifs is 3. The lowest BCUT2D eigenvalue weighted by molar-refractivity contribution is -0.173. The zero-order valence-electron chi connectivity index (χ0n) is 60.3. The van der Waals surface area contributed by atoms with Crippen LogP contribution >= 0.6 is 12.4 Å². The predicted octanol–water partition coefficient (Wildman–Crippen LogP) is 5.59. The van der Waals surface area contributed by atoms with Crippen LogP contribution in [0.25, 0.3) is 0 Å². The van der Waals surface area contributed by atoms with Crippen LogP contribution in [0.1, 0.15) is 175 Å². The summed E-state index contributed by atoms with van der Waals surface area (Å²) in [6, 6.07) is 21.3. The van der Waals surface area contributed by atoms with Gasteiger partial charge >= 0.3 is 6.09 Å². The van der Waals surface area contributed by atoms with Crippen molar-refractivity contribution in [3.8, 4) is 11.5 Å². The molecule has 0 spiro atoms. The number of benzene rings is 3. The number of piperidine rings is 3. The Kier molecular flexibility index (Phi) is 23.4. The molecule has 101 heavy (non-hydrogen) atoms. The van der Waals surface area contributed by atoms with E-state index in [0.29, 0.717) is 74.8 Å². The van der Waals surface area contributed by atoms with Crippen LogP contribution in [0.5, 0.6) is 11.5 Å². The molecule has 3 aliphatic heterocycles. The predicted molar refractivity (Wildman–Crippen MR) is 396 cm³/mol. The minimum atomic E-state index is -0.737. The van der Waals surface area contributed by atoms with Gasteiger partial charge in [0.05, 0.1) is 23.3 Å². The second-order valence-corrected chi connectivity index (χ2v) is 32.7. The molecule has 3 saturated heterocycles. The van der Waals surface area contributed by atoms with Gasteiger partial charge in [-0.15, -0.1) is 12.4 Å². The number of ketones is 1. The lowest BCUT2D eigenvalue weighted by Crippen LogP contribution is -2.74. The van der Waals surface area contributed by atoms with E-state index in [9.17, 15) is 35.1 Å². The number of carbonyl (C=O) groups excluding carboxylic acids is 2. The Balaban J connectivity index is 0.000000135. The highest BCUT2D eigenvalue weighted by Gasteiger charge is 2.68. The monoisotopic (exact) mass is 1420 g/mol. The van der Waals surface area contributed by atoms with Gasteiger partial charge in [-0.2, -0.15) is 5.10 Å². The average molecular weight is 1420 g/mol. The minimum absolute atomic E-state index is 0. The fourth-order valence-electron chi connectivity index (χ4n) is 19.8. The quantitative estimate of drug-likeness (QED) is 0.0391. The van der Waals surface area contributed by atoms with E-state index in [1.54, 1.807) is 24.5 Å². The van der Waals surface area contributed by atoms with Gasteiger partial charge in [-0.1, -0.05) is 35.9 Å². The molecule has 6 bridgehead atoms. The first-order chi connectivity index (χ1) is 47.7. The van der Waals surface area contributed by atoms with Gasteiger partial charge in [-0.3, -0.25) is 29.9 Å². The van der Waals surface area contributed by atoms with E-state index >= 15 is 0 Å². The molecule has 23 nitrogen and oxygen atoms in total. The van der Waals surface area contributed by atoms with Crippen LogP contribution in [-0.2, 0) is 45.0 Å². The number of aromatic hydroxyl groups is 2. The van der Waals surface area contributed by atoms with E-state index < -0.39 is 28.5 Å². The summed E-state index contributed by atoms with van der Waals surface area (Å²) >= 11 is 0. The maximum Gasteiger partial charge on any atom is 0.407 e. The number of rotatable bonds is 15. The summed E-state index contributed by atoms with van der Waals surface area (Å²) in [5.74, 6) is 3.51. The smallest absolute Gasteiger partial charge is 0.407 e. The van der Waals surface area contributed by atoms with Crippen LogP contribution in [0, 0.1) is 30.1 Å². The summed E-state index contributed by atoms with van der Waals surface area (Å²) in [6.45, 7) is 17.7. The van der Waals surface area contributed by atoms with Crippen molar-refractivity contribution in [2.24, 2.45) is 51.4 Å². The lowest BCUT2D eigenvalue weighted by Gasteiger charge is -2.65. The highest BCUT2D eigenvalue weighted by Crippen LogP contribution is 2.62. The Labute approximate surface area is 603 Å². The van der Waals surface area contributed by atoms with Gasteiger partial charge in [0.2, 0.25) is 5.96 Å². The molecule has 6 saturated carbocycles. The number of hydrogen-bond acceptors (Lipinski definition) is 18. The lowest BCUT2D eigenvalue weighted by atomic mass is 9.49. The number of aliphatic hydroxyl groups is 3. The van der Waals surface area contributed by atoms with Crippen molar-refractivity contribution in [1.82, 2.24) is 40.4 Å². The number of nitrogens with two attached hydrogens (primary N) is 5. The number of likely N-dealkylation sites (tertiary alicyclic amines) is 3. The maximum atomic E-state index is 12.4. The Morgan fingerprint density at radius 3 is 1.52 bits per heavy atom. The van der Waals surface area contributed by atoms with Crippen LogP contribution in [-0.4, -0.2) is 205 Å². The van der Waals surface area contributed by atoms with E-state index in [1.165, 1.54) is 82.2 Å². The van der Waals surface area contributed by atoms with Crippen LogP contribution in [0.4, 0.5) is 4.79 Å². The molecule has 556 valence electrons. The maximum absolute atomic E-state index is 12.4. The molecular weight excluding hydrogens is 1300 g/mol. The molecule has 19 N–H and O–H groups in total. The molecule has 4 aromatic rings. The number of aryl methyl sites for hydroxylation is 1. The van der Waals surface area contributed by atoms with E-state index in [1.807, 2.05) is 39.0 Å². The number of aromatic nitrogens is 2. The van der Waals surface area contributed by atoms with Gasteiger partial charge in [0.25, 0.3) is 0 Å². The van der Waals surface area contributed by atoms with Crippen molar-refractivity contribution in [2.75, 3.05) is 78.5 Å². The third-order valence-corrected chi connectivity index (χ3v) is 24.9.